The topological polar surface area (TPSA) is 98.1 Å². The normalized spacial score (nSPS) is 20.9. The molecule has 1 aliphatic heterocycles. The highest BCUT2D eigenvalue weighted by Gasteiger charge is 2.30. The van der Waals surface area contributed by atoms with E-state index >= 15 is 0 Å². The summed E-state index contributed by atoms with van der Waals surface area (Å²) in [5.74, 6) is -3.24. The molecule has 176 valence electrons. The van der Waals surface area contributed by atoms with E-state index in [0.717, 1.165) is 26.2 Å². The summed E-state index contributed by atoms with van der Waals surface area (Å²) in [5.41, 5.74) is 2.05. The quantitative estimate of drug-likeness (QED) is 0.687. The maximum absolute atomic E-state index is 13.1. The fraction of sp³-hybridized carbons (Fsp3) is 0.400. The van der Waals surface area contributed by atoms with E-state index in [2.05, 4.69) is 35.2 Å². The summed E-state index contributed by atoms with van der Waals surface area (Å²) in [7, 11) is 0. The number of piperazine rings is 1. The van der Waals surface area contributed by atoms with E-state index in [1.165, 1.54) is 43.4 Å². The van der Waals surface area contributed by atoms with Gasteiger partial charge in [-0.2, -0.15) is 0 Å². The molecule has 8 heteroatoms. The second-order valence-electron chi connectivity index (χ2n) is 8.36. The van der Waals surface area contributed by atoms with Gasteiger partial charge in [0.2, 0.25) is 0 Å². The number of hydrogen-bond acceptors (Lipinski definition) is 4. The molecule has 4 rings (SSSR count). The molecular formula is C25H29FN2O5. The van der Waals surface area contributed by atoms with E-state index in [4.69, 9.17) is 19.8 Å². The lowest BCUT2D eigenvalue weighted by Crippen LogP contribution is -2.52. The van der Waals surface area contributed by atoms with Gasteiger partial charge in [-0.1, -0.05) is 30.3 Å². The third kappa shape index (κ3) is 6.86. The monoisotopic (exact) mass is 456 g/mol. The molecule has 0 bridgehead atoms. The smallest absolute Gasteiger partial charge is 0.414 e. The Hall–Kier alpha value is -3.26. The average molecular weight is 457 g/mol. The summed E-state index contributed by atoms with van der Waals surface area (Å²) in [6.07, 6.45) is 4.99. The molecule has 7 nitrogen and oxygen atoms in total. The summed E-state index contributed by atoms with van der Waals surface area (Å²) in [5, 5.41) is 14.8. The zero-order chi connectivity index (χ0) is 23.8. The second kappa shape index (κ2) is 11.6. The van der Waals surface area contributed by atoms with Crippen LogP contribution in [0.1, 0.15) is 47.5 Å². The Morgan fingerprint density at radius 3 is 1.82 bits per heavy atom. The average Bonchev–Trinajstić information content (AvgIpc) is 2.85. The maximum atomic E-state index is 13.1. The number of nitrogens with zero attached hydrogens (tertiary/aromatic N) is 2. The van der Waals surface area contributed by atoms with Crippen molar-refractivity contribution in [2.24, 2.45) is 0 Å². The van der Waals surface area contributed by atoms with Gasteiger partial charge in [0, 0.05) is 37.8 Å². The summed E-state index contributed by atoms with van der Waals surface area (Å²) in [6, 6.07) is 17.4. The number of halogens is 1. The van der Waals surface area contributed by atoms with Gasteiger partial charge in [-0.15, -0.1) is 0 Å². The zero-order valence-corrected chi connectivity index (χ0v) is 18.4. The Morgan fingerprint density at radius 2 is 1.30 bits per heavy atom. The van der Waals surface area contributed by atoms with Crippen LogP contribution in [0, 0.1) is 5.82 Å². The van der Waals surface area contributed by atoms with Gasteiger partial charge < -0.3 is 15.1 Å². The van der Waals surface area contributed by atoms with Crippen LogP contribution < -0.4 is 0 Å². The highest BCUT2D eigenvalue weighted by molar-refractivity contribution is 6.27. The number of carboxylic acids is 2. The molecule has 0 radical (unpaired) electrons. The summed E-state index contributed by atoms with van der Waals surface area (Å²) >= 11 is 0. The summed E-state index contributed by atoms with van der Waals surface area (Å²) < 4.78 is 13.1. The molecule has 2 aromatic rings. The first kappa shape index (κ1) is 24.4. The van der Waals surface area contributed by atoms with Gasteiger partial charge in [0.1, 0.15) is 5.82 Å². The van der Waals surface area contributed by atoms with Crippen LogP contribution in [-0.4, -0.2) is 70.1 Å². The molecule has 1 aliphatic carbocycles. The SMILES string of the molecule is O=C(O)C(=O)O.O=C(c1ccc(F)cc1)N1CCN(C2CCC(c3ccccc3)CC2)CC1. The second-order valence-corrected chi connectivity index (χ2v) is 8.36. The number of rotatable bonds is 3. The number of carbonyl (C=O) groups excluding carboxylic acids is 1. The lowest BCUT2D eigenvalue weighted by atomic mass is 9.81. The van der Waals surface area contributed by atoms with E-state index in [1.54, 1.807) is 12.1 Å². The molecule has 2 aromatic carbocycles. The first-order valence-electron chi connectivity index (χ1n) is 11.1. The first-order valence-corrected chi connectivity index (χ1v) is 11.1. The molecule has 0 unspecified atom stereocenters. The van der Waals surface area contributed by atoms with Crippen molar-refractivity contribution in [2.75, 3.05) is 26.2 Å². The molecule has 2 aliphatic rings. The third-order valence-corrected chi connectivity index (χ3v) is 6.36. The largest absolute Gasteiger partial charge is 0.473 e. The van der Waals surface area contributed by atoms with Crippen LogP contribution in [0.2, 0.25) is 0 Å². The van der Waals surface area contributed by atoms with Crippen molar-refractivity contribution in [3.8, 4) is 0 Å². The van der Waals surface area contributed by atoms with Crippen LogP contribution in [-0.2, 0) is 9.59 Å². The molecule has 2 N–H and O–H groups in total. The third-order valence-electron chi connectivity index (χ3n) is 6.36. The highest BCUT2D eigenvalue weighted by atomic mass is 19.1. The molecule has 1 amide bonds. The van der Waals surface area contributed by atoms with E-state index in [1.807, 2.05) is 4.90 Å². The fourth-order valence-corrected chi connectivity index (χ4v) is 4.56. The van der Waals surface area contributed by atoms with Crippen LogP contribution in [0.3, 0.4) is 0 Å². The van der Waals surface area contributed by atoms with Crippen molar-refractivity contribution in [2.45, 2.75) is 37.6 Å². The number of aliphatic carboxylic acids is 2. The lowest BCUT2D eigenvalue weighted by Gasteiger charge is -2.42. The van der Waals surface area contributed by atoms with Crippen molar-refractivity contribution in [1.82, 2.24) is 9.80 Å². The van der Waals surface area contributed by atoms with Crippen molar-refractivity contribution >= 4 is 17.8 Å². The van der Waals surface area contributed by atoms with Crippen molar-refractivity contribution in [3.63, 3.8) is 0 Å². The molecule has 1 saturated carbocycles. The number of carbonyl (C=O) groups is 3. The zero-order valence-electron chi connectivity index (χ0n) is 18.4. The first-order chi connectivity index (χ1) is 15.8. The number of amides is 1. The number of benzene rings is 2. The van der Waals surface area contributed by atoms with Gasteiger partial charge in [-0.05, 0) is 61.4 Å². The maximum Gasteiger partial charge on any atom is 0.414 e. The molecule has 33 heavy (non-hydrogen) atoms. The standard InChI is InChI=1S/C23H27FN2O.C2H2O4/c24-21-10-6-20(7-11-21)23(27)26-16-14-25(15-17-26)22-12-8-19(9-13-22)18-4-2-1-3-5-18;3-1(4)2(5)6/h1-7,10-11,19,22H,8-9,12-17H2;(H,3,4)(H,5,6). The minimum absolute atomic E-state index is 0.0161. The number of hydrogen-bond donors (Lipinski definition) is 2. The van der Waals surface area contributed by atoms with Gasteiger partial charge in [0.05, 0.1) is 0 Å². The Labute approximate surface area is 192 Å². The Kier molecular flexibility index (Phi) is 8.54. The van der Waals surface area contributed by atoms with Gasteiger partial charge in [-0.25, -0.2) is 14.0 Å². The molecular weight excluding hydrogens is 427 g/mol. The fourth-order valence-electron chi connectivity index (χ4n) is 4.56. The molecule has 0 atom stereocenters. The highest BCUT2D eigenvalue weighted by Crippen LogP contribution is 2.35. The van der Waals surface area contributed by atoms with Gasteiger partial charge in [0.15, 0.2) is 0 Å². The Balaban J connectivity index is 0.000000454. The van der Waals surface area contributed by atoms with Crippen molar-refractivity contribution in [3.05, 3.63) is 71.5 Å². The van der Waals surface area contributed by atoms with Crippen LogP contribution in [0.25, 0.3) is 0 Å². The minimum Gasteiger partial charge on any atom is -0.473 e. The molecule has 0 spiro atoms. The number of carboxylic acid groups (broad SMARTS) is 2. The summed E-state index contributed by atoms with van der Waals surface area (Å²) in [4.78, 5) is 35.2. The summed E-state index contributed by atoms with van der Waals surface area (Å²) in [6.45, 7) is 3.39. The van der Waals surface area contributed by atoms with E-state index in [-0.39, 0.29) is 11.7 Å². The van der Waals surface area contributed by atoms with Crippen LogP contribution >= 0.6 is 0 Å². The van der Waals surface area contributed by atoms with Crippen molar-refractivity contribution < 1.29 is 29.0 Å². The van der Waals surface area contributed by atoms with Crippen molar-refractivity contribution in [1.29, 1.82) is 0 Å². The van der Waals surface area contributed by atoms with E-state index in [9.17, 15) is 9.18 Å². The van der Waals surface area contributed by atoms with E-state index in [0.29, 0.717) is 17.5 Å². The van der Waals surface area contributed by atoms with E-state index < -0.39 is 11.9 Å². The van der Waals surface area contributed by atoms with Crippen LogP contribution in [0.5, 0.6) is 0 Å². The minimum atomic E-state index is -1.82. The molecule has 2 fully saturated rings. The molecule has 1 saturated heterocycles. The predicted molar refractivity (Wildman–Crippen MR) is 121 cm³/mol. The van der Waals surface area contributed by atoms with Crippen LogP contribution in [0.4, 0.5) is 4.39 Å². The van der Waals surface area contributed by atoms with Crippen LogP contribution in [0.15, 0.2) is 54.6 Å². The Morgan fingerprint density at radius 1 is 0.758 bits per heavy atom. The Bertz CT molecular complexity index is 923. The van der Waals surface area contributed by atoms with Gasteiger partial charge >= 0.3 is 11.9 Å². The predicted octanol–water partition coefficient (Wildman–Crippen LogP) is 3.47. The lowest BCUT2D eigenvalue weighted by molar-refractivity contribution is -0.159. The van der Waals surface area contributed by atoms with Gasteiger partial charge in [-0.3, -0.25) is 9.69 Å². The molecule has 1 heterocycles. The molecule has 0 aromatic heterocycles. The van der Waals surface area contributed by atoms with Gasteiger partial charge in [0.25, 0.3) is 5.91 Å².